The second-order valence-corrected chi connectivity index (χ2v) is 5.91. The molecule has 3 rings (SSSR count). The fourth-order valence-corrected chi connectivity index (χ4v) is 3.08. The molecule has 0 aliphatic carbocycles. The zero-order valence-corrected chi connectivity index (χ0v) is 12.6. The van der Waals surface area contributed by atoms with Crippen LogP contribution in [0.15, 0.2) is 23.7 Å². The van der Waals surface area contributed by atoms with Crippen LogP contribution in [0, 0.1) is 11.6 Å². The standard InChI is InChI=1S/C14H12ClF2N3S/c15-3-1-12-19-14-10(17)7-9(16)8-11(14)20(12)5-2-13-18-4-6-21-13/h4,6-8H,1-3,5H2. The van der Waals surface area contributed by atoms with E-state index in [1.807, 2.05) is 9.95 Å². The van der Waals surface area contributed by atoms with Crippen molar-refractivity contribution in [1.29, 1.82) is 0 Å². The molecule has 110 valence electrons. The Balaban J connectivity index is 2.02. The fourth-order valence-electron chi connectivity index (χ4n) is 2.31. The lowest BCUT2D eigenvalue weighted by atomic mass is 10.3. The maximum Gasteiger partial charge on any atom is 0.153 e. The van der Waals surface area contributed by atoms with E-state index in [4.69, 9.17) is 11.6 Å². The summed E-state index contributed by atoms with van der Waals surface area (Å²) in [5, 5.41) is 2.88. The highest BCUT2D eigenvalue weighted by Gasteiger charge is 2.15. The molecule has 3 aromatic rings. The van der Waals surface area contributed by atoms with Crippen molar-refractivity contribution in [2.75, 3.05) is 5.88 Å². The summed E-state index contributed by atoms with van der Waals surface area (Å²) in [7, 11) is 0. The Morgan fingerprint density at radius 2 is 2.10 bits per heavy atom. The zero-order chi connectivity index (χ0) is 14.8. The third kappa shape index (κ3) is 2.91. The highest BCUT2D eigenvalue weighted by atomic mass is 35.5. The molecular weight excluding hydrogens is 316 g/mol. The summed E-state index contributed by atoms with van der Waals surface area (Å²) in [6, 6.07) is 2.16. The number of rotatable bonds is 5. The Labute approximate surface area is 129 Å². The van der Waals surface area contributed by atoms with E-state index in [1.165, 1.54) is 6.07 Å². The SMILES string of the molecule is Fc1cc(F)c2nc(CCCl)n(CCc3nccs3)c2c1. The minimum absolute atomic E-state index is 0.190. The van der Waals surface area contributed by atoms with E-state index >= 15 is 0 Å². The van der Waals surface area contributed by atoms with Gasteiger partial charge in [0.05, 0.1) is 10.5 Å². The van der Waals surface area contributed by atoms with Gasteiger partial charge in [0, 0.05) is 42.9 Å². The topological polar surface area (TPSA) is 30.7 Å². The first-order chi connectivity index (χ1) is 10.2. The third-order valence-corrected chi connectivity index (χ3v) is 4.23. The molecule has 0 aliphatic rings. The molecule has 0 radical (unpaired) electrons. The van der Waals surface area contributed by atoms with Crippen molar-refractivity contribution < 1.29 is 8.78 Å². The van der Waals surface area contributed by atoms with Crippen LogP contribution in [0.2, 0.25) is 0 Å². The first-order valence-electron chi connectivity index (χ1n) is 6.47. The number of thiazole rings is 1. The van der Waals surface area contributed by atoms with Gasteiger partial charge in [-0.1, -0.05) is 0 Å². The van der Waals surface area contributed by atoms with Crippen molar-refractivity contribution in [1.82, 2.24) is 14.5 Å². The minimum Gasteiger partial charge on any atom is -0.327 e. The highest BCUT2D eigenvalue weighted by Crippen LogP contribution is 2.22. The van der Waals surface area contributed by atoms with Crippen molar-refractivity contribution in [2.45, 2.75) is 19.4 Å². The van der Waals surface area contributed by atoms with Gasteiger partial charge in [0.15, 0.2) is 5.82 Å². The number of hydrogen-bond acceptors (Lipinski definition) is 3. The normalized spacial score (nSPS) is 11.4. The number of imidazole rings is 1. The van der Waals surface area contributed by atoms with Crippen LogP contribution in [0.4, 0.5) is 8.78 Å². The molecule has 0 N–H and O–H groups in total. The summed E-state index contributed by atoms with van der Waals surface area (Å²) >= 11 is 7.33. The average Bonchev–Trinajstić information content (AvgIpc) is 3.05. The van der Waals surface area contributed by atoms with Crippen LogP contribution in [0.5, 0.6) is 0 Å². The van der Waals surface area contributed by atoms with Gasteiger partial charge in [0.1, 0.15) is 17.2 Å². The number of hydrogen-bond donors (Lipinski definition) is 0. The van der Waals surface area contributed by atoms with Crippen LogP contribution in [0.1, 0.15) is 10.8 Å². The zero-order valence-electron chi connectivity index (χ0n) is 11.0. The molecule has 0 aliphatic heterocycles. The maximum absolute atomic E-state index is 13.8. The first kappa shape index (κ1) is 14.4. The Kier molecular flexibility index (Phi) is 4.17. The van der Waals surface area contributed by atoms with E-state index in [0.29, 0.717) is 36.6 Å². The lowest BCUT2D eigenvalue weighted by Crippen LogP contribution is -2.07. The van der Waals surface area contributed by atoms with E-state index in [-0.39, 0.29) is 5.52 Å². The summed E-state index contributed by atoms with van der Waals surface area (Å²) in [5.41, 5.74) is 0.653. The summed E-state index contributed by atoms with van der Waals surface area (Å²) in [6.07, 6.45) is 2.94. The van der Waals surface area contributed by atoms with Gasteiger partial charge >= 0.3 is 0 Å². The number of aromatic nitrogens is 3. The largest absolute Gasteiger partial charge is 0.327 e. The molecule has 1 aromatic carbocycles. The maximum atomic E-state index is 13.8. The second-order valence-electron chi connectivity index (χ2n) is 4.55. The molecule has 0 bridgehead atoms. The first-order valence-corrected chi connectivity index (χ1v) is 7.89. The molecule has 0 saturated heterocycles. The van der Waals surface area contributed by atoms with Crippen molar-refractivity contribution in [2.24, 2.45) is 0 Å². The molecule has 3 nitrogen and oxygen atoms in total. The lowest BCUT2D eigenvalue weighted by molar-refractivity contribution is 0.589. The van der Waals surface area contributed by atoms with Gasteiger partial charge < -0.3 is 4.57 Å². The predicted octanol–water partition coefficient (Wildman–Crippen LogP) is 3.80. The van der Waals surface area contributed by atoms with E-state index < -0.39 is 11.6 Å². The van der Waals surface area contributed by atoms with E-state index in [1.54, 1.807) is 17.5 Å². The Morgan fingerprint density at radius 3 is 2.81 bits per heavy atom. The monoisotopic (exact) mass is 327 g/mol. The molecule has 0 amide bonds. The Bertz CT molecular complexity index is 755. The van der Waals surface area contributed by atoms with E-state index in [2.05, 4.69) is 9.97 Å². The molecule has 21 heavy (non-hydrogen) atoms. The van der Waals surface area contributed by atoms with Crippen LogP contribution in [0.3, 0.4) is 0 Å². The summed E-state index contributed by atoms with van der Waals surface area (Å²) in [6.45, 7) is 0.569. The van der Waals surface area contributed by atoms with Crippen molar-refractivity contribution in [3.63, 3.8) is 0 Å². The second kappa shape index (κ2) is 6.07. The van der Waals surface area contributed by atoms with Gasteiger partial charge in [-0.15, -0.1) is 22.9 Å². The summed E-state index contributed by atoms with van der Waals surface area (Å²) in [4.78, 5) is 8.48. The number of alkyl halides is 1. The van der Waals surface area contributed by atoms with Gasteiger partial charge in [-0.2, -0.15) is 0 Å². The molecule has 0 spiro atoms. The molecule has 7 heteroatoms. The molecule has 0 unspecified atom stereocenters. The third-order valence-electron chi connectivity index (χ3n) is 3.20. The quantitative estimate of drug-likeness (QED) is 0.667. The van der Waals surface area contributed by atoms with Crippen LogP contribution in [0.25, 0.3) is 11.0 Å². The Hall–Kier alpha value is -1.53. The fraction of sp³-hybridized carbons (Fsp3) is 0.286. The summed E-state index contributed by atoms with van der Waals surface area (Å²) < 4.78 is 29.1. The lowest BCUT2D eigenvalue weighted by Gasteiger charge is -2.07. The molecule has 2 aromatic heterocycles. The molecule has 0 atom stereocenters. The van der Waals surface area contributed by atoms with Crippen LogP contribution < -0.4 is 0 Å². The van der Waals surface area contributed by atoms with Gasteiger partial charge in [-0.05, 0) is 6.07 Å². The van der Waals surface area contributed by atoms with E-state index in [0.717, 1.165) is 11.1 Å². The highest BCUT2D eigenvalue weighted by molar-refractivity contribution is 7.09. The number of aryl methyl sites for hydroxylation is 3. The molecule has 2 heterocycles. The van der Waals surface area contributed by atoms with Gasteiger partial charge in [-0.25, -0.2) is 18.7 Å². The molecule has 0 fully saturated rings. The predicted molar refractivity (Wildman–Crippen MR) is 79.9 cm³/mol. The van der Waals surface area contributed by atoms with Gasteiger partial charge in [0.2, 0.25) is 0 Å². The number of nitrogens with zero attached hydrogens (tertiary/aromatic N) is 3. The molecule has 0 saturated carbocycles. The number of fused-ring (bicyclic) bond motifs is 1. The number of halogens is 3. The van der Waals surface area contributed by atoms with Crippen LogP contribution in [-0.4, -0.2) is 20.4 Å². The van der Waals surface area contributed by atoms with Crippen molar-refractivity contribution in [3.05, 3.63) is 46.2 Å². The molecular formula is C14H12ClF2N3S. The summed E-state index contributed by atoms with van der Waals surface area (Å²) in [5.74, 6) is -0.201. The van der Waals surface area contributed by atoms with Gasteiger partial charge in [-0.3, -0.25) is 0 Å². The average molecular weight is 328 g/mol. The van der Waals surface area contributed by atoms with Crippen LogP contribution in [-0.2, 0) is 19.4 Å². The Morgan fingerprint density at radius 1 is 1.24 bits per heavy atom. The van der Waals surface area contributed by atoms with Gasteiger partial charge in [0.25, 0.3) is 0 Å². The smallest absolute Gasteiger partial charge is 0.153 e. The van der Waals surface area contributed by atoms with E-state index in [9.17, 15) is 8.78 Å². The van der Waals surface area contributed by atoms with Crippen LogP contribution >= 0.6 is 22.9 Å². The number of benzene rings is 1. The van der Waals surface area contributed by atoms with Crippen molar-refractivity contribution in [3.8, 4) is 0 Å². The van der Waals surface area contributed by atoms with Crippen molar-refractivity contribution >= 4 is 34.0 Å². The minimum atomic E-state index is -0.645.